The lowest BCUT2D eigenvalue weighted by atomic mass is 10.0. The molecule has 1 aromatic heterocycles. The molecule has 3 fully saturated rings. The summed E-state index contributed by atoms with van der Waals surface area (Å²) in [5.41, 5.74) is 8.08. The molecular weight excluding hydrogens is 422 g/mol. The number of H-pyrrole nitrogens is 1. The van der Waals surface area contributed by atoms with Gasteiger partial charge in [-0.05, 0) is 43.0 Å². The summed E-state index contributed by atoms with van der Waals surface area (Å²) in [5.74, 6) is 0.386. The van der Waals surface area contributed by atoms with Crippen molar-refractivity contribution in [3.05, 3.63) is 29.8 Å². The molecule has 5 rings (SSSR count). The van der Waals surface area contributed by atoms with Crippen LogP contribution in [0, 0.1) is 11.3 Å². The fraction of sp³-hybridized carbons (Fsp3) is 0.545. The van der Waals surface area contributed by atoms with Gasteiger partial charge in [-0.25, -0.2) is 0 Å². The molecule has 3 N–H and O–H groups in total. The number of nitriles is 1. The first kappa shape index (κ1) is 21.5. The van der Waals surface area contributed by atoms with Crippen molar-refractivity contribution in [2.24, 2.45) is 5.73 Å². The molecule has 3 saturated heterocycles. The van der Waals surface area contributed by atoms with Crippen LogP contribution in [0.15, 0.2) is 24.3 Å². The lowest BCUT2D eigenvalue weighted by Gasteiger charge is -2.38. The minimum atomic E-state index is -0.733. The highest BCUT2D eigenvalue weighted by atomic mass is 16.2. The Balaban J connectivity index is 1.24. The normalized spacial score (nSPS) is 26.6. The number of nitrogens with zero attached hydrogens (tertiary/aromatic N) is 7. The van der Waals surface area contributed by atoms with Crippen LogP contribution in [0.4, 0.5) is 0 Å². The van der Waals surface area contributed by atoms with E-state index >= 15 is 0 Å². The number of aromatic nitrogens is 4. The summed E-state index contributed by atoms with van der Waals surface area (Å²) in [6.45, 7) is 3.62. The van der Waals surface area contributed by atoms with E-state index in [-0.39, 0.29) is 36.0 Å². The van der Waals surface area contributed by atoms with E-state index in [1.165, 1.54) is 0 Å². The van der Waals surface area contributed by atoms with E-state index in [2.05, 4.69) is 26.7 Å². The van der Waals surface area contributed by atoms with Gasteiger partial charge >= 0.3 is 0 Å². The summed E-state index contributed by atoms with van der Waals surface area (Å²) < 4.78 is 0. The number of nitrogens with two attached hydrogens (primary N) is 1. The Labute approximate surface area is 191 Å². The molecule has 3 aliphatic rings. The number of carbonyl (C=O) groups is 2. The standard InChI is InChI=1S/C22H27N9O2/c1-13(14-4-2-5-15(8-14)20-25-27-28-26-20)31-17-9-19(22(31)33)29(11-17)12-18(24)21(32)30-7-3-6-16(30)10-23/h2,4-5,8,13,16-19H,3,6-7,9,11-12,24H2,1H3,(H,25,26,27,28)/t13-,16-,17?,18-,19+/m0/s1. The van der Waals surface area contributed by atoms with Crippen molar-refractivity contribution in [1.29, 1.82) is 5.26 Å². The maximum absolute atomic E-state index is 13.3. The zero-order valence-corrected chi connectivity index (χ0v) is 18.5. The molecule has 2 amide bonds. The van der Waals surface area contributed by atoms with Crippen molar-refractivity contribution in [3.8, 4) is 17.5 Å². The Hall–Kier alpha value is -3.36. The molecule has 11 nitrogen and oxygen atoms in total. The topological polar surface area (TPSA) is 148 Å². The molecule has 5 atom stereocenters. The van der Waals surface area contributed by atoms with Gasteiger partial charge < -0.3 is 15.5 Å². The van der Waals surface area contributed by atoms with Gasteiger partial charge in [-0.3, -0.25) is 14.5 Å². The quantitative estimate of drug-likeness (QED) is 0.629. The number of piperazine rings is 1. The number of fused-ring (bicyclic) bond motifs is 2. The third-order valence-electron chi connectivity index (χ3n) is 7.14. The molecule has 11 heteroatoms. The Kier molecular flexibility index (Phi) is 5.55. The van der Waals surface area contributed by atoms with E-state index in [4.69, 9.17) is 5.73 Å². The second-order valence-electron chi connectivity index (χ2n) is 9.07. The van der Waals surface area contributed by atoms with Crippen LogP contribution in [0.25, 0.3) is 11.4 Å². The van der Waals surface area contributed by atoms with E-state index in [0.717, 1.165) is 24.0 Å². The Morgan fingerprint density at radius 2 is 2.27 bits per heavy atom. The van der Waals surface area contributed by atoms with E-state index in [1.807, 2.05) is 41.0 Å². The molecule has 1 unspecified atom stereocenters. The molecule has 2 bridgehead atoms. The highest BCUT2D eigenvalue weighted by Crippen LogP contribution is 2.38. The highest BCUT2D eigenvalue weighted by Gasteiger charge is 2.51. The first-order valence-electron chi connectivity index (χ1n) is 11.3. The third kappa shape index (κ3) is 3.75. The maximum atomic E-state index is 13.3. The summed E-state index contributed by atoms with van der Waals surface area (Å²) in [6.07, 6.45) is 2.26. The molecule has 4 heterocycles. The lowest BCUT2D eigenvalue weighted by Crippen LogP contribution is -2.56. The monoisotopic (exact) mass is 449 g/mol. The van der Waals surface area contributed by atoms with Gasteiger partial charge in [0.1, 0.15) is 6.04 Å². The van der Waals surface area contributed by atoms with Gasteiger partial charge in [0.05, 0.1) is 24.2 Å². The van der Waals surface area contributed by atoms with Crippen LogP contribution in [-0.2, 0) is 9.59 Å². The van der Waals surface area contributed by atoms with E-state index in [9.17, 15) is 14.9 Å². The van der Waals surface area contributed by atoms with Gasteiger partial charge in [0, 0.05) is 31.2 Å². The van der Waals surface area contributed by atoms with Gasteiger partial charge in [0.15, 0.2) is 0 Å². The number of amides is 2. The van der Waals surface area contributed by atoms with Gasteiger partial charge in [-0.15, -0.1) is 10.2 Å². The second-order valence-corrected chi connectivity index (χ2v) is 9.07. The molecule has 2 aromatic rings. The van der Waals surface area contributed by atoms with Crippen LogP contribution in [-0.4, -0.2) is 90.9 Å². The van der Waals surface area contributed by atoms with Crippen LogP contribution < -0.4 is 5.73 Å². The number of rotatable bonds is 6. The Morgan fingerprint density at radius 1 is 1.42 bits per heavy atom. The minimum Gasteiger partial charge on any atom is -0.330 e. The SMILES string of the molecule is C[C@@H](c1cccc(-c2nn[nH]n2)c1)N1C(=O)[C@H]2CC1CN2C[C@H](N)C(=O)N1CCC[C@H]1C#N. The average molecular weight is 450 g/mol. The summed E-state index contributed by atoms with van der Waals surface area (Å²) >= 11 is 0. The maximum Gasteiger partial charge on any atom is 0.241 e. The van der Waals surface area contributed by atoms with Crippen LogP contribution in [0.2, 0.25) is 0 Å². The molecule has 0 radical (unpaired) electrons. The van der Waals surface area contributed by atoms with Gasteiger partial charge in [-0.1, -0.05) is 18.2 Å². The lowest BCUT2D eigenvalue weighted by molar-refractivity contribution is -0.140. The summed E-state index contributed by atoms with van der Waals surface area (Å²) in [6, 6.07) is 8.61. The number of hydrogen-bond donors (Lipinski definition) is 2. The van der Waals surface area contributed by atoms with E-state index < -0.39 is 6.04 Å². The third-order valence-corrected chi connectivity index (χ3v) is 7.14. The summed E-state index contributed by atoms with van der Waals surface area (Å²) in [5, 5.41) is 23.4. The summed E-state index contributed by atoms with van der Waals surface area (Å²) in [7, 11) is 0. The molecule has 0 aliphatic carbocycles. The van der Waals surface area contributed by atoms with Crippen molar-refractivity contribution in [2.45, 2.75) is 56.4 Å². The molecule has 0 spiro atoms. The molecule has 3 aliphatic heterocycles. The van der Waals surface area contributed by atoms with E-state index in [0.29, 0.717) is 31.9 Å². The predicted molar refractivity (Wildman–Crippen MR) is 117 cm³/mol. The minimum absolute atomic E-state index is 0.0689. The second kappa shape index (κ2) is 8.53. The number of likely N-dealkylation sites (tertiary alicyclic amines) is 3. The fourth-order valence-corrected chi connectivity index (χ4v) is 5.49. The largest absolute Gasteiger partial charge is 0.330 e. The van der Waals surface area contributed by atoms with Crippen LogP contribution in [0.3, 0.4) is 0 Å². The highest BCUT2D eigenvalue weighted by molar-refractivity contribution is 5.87. The number of benzene rings is 1. The number of aromatic amines is 1. The molecule has 33 heavy (non-hydrogen) atoms. The van der Waals surface area contributed by atoms with Crippen molar-refractivity contribution in [2.75, 3.05) is 19.6 Å². The Morgan fingerprint density at radius 3 is 3.00 bits per heavy atom. The van der Waals surface area contributed by atoms with Crippen LogP contribution >= 0.6 is 0 Å². The van der Waals surface area contributed by atoms with Crippen molar-refractivity contribution in [1.82, 2.24) is 35.3 Å². The average Bonchev–Trinajstić information content (AvgIpc) is 3.62. The molecule has 0 saturated carbocycles. The smallest absolute Gasteiger partial charge is 0.241 e. The molecular formula is C22H27N9O2. The number of hydrogen-bond acceptors (Lipinski definition) is 8. The van der Waals surface area contributed by atoms with Gasteiger partial charge in [0.25, 0.3) is 0 Å². The predicted octanol–water partition coefficient (Wildman–Crippen LogP) is 0.0547. The van der Waals surface area contributed by atoms with Gasteiger partial charge in [0.2, 0.25) is 17.6 Å². The van der Waals surface area contributed by atoms with Crippen LogP contribution in [0.5, 0.6) is 0 Å². The van der Waals surface area contributed by atoms with Crippen molar-refractivity contribution >= 4 is 11.8 Å². The first-order chi connectivity index (χ1) is 16.0. The zero-order valence-electron chi connectivity index (χ0n) is 18.5. The first-order valence-corrected chi connectivity index (χ1v) is 11.3. The number of nitrogens with one attached hydrogen (secondary N) is 1. The zero-order chi connectivity index (χ0) is 23.1. The van der Waals surface area contributed by atoms with E-state index in [1.54, 1.807) is 4.90 Å². The fourth-order valence-electron chi connectivity index (χ4n) is 5.49. The van der Waals surface area contributed by atoms with Gasteiger partial charge in [-0.2, -0.15) is 10.5 Å². The Bertz CT molecular complexity index is 1080. The van der Waals surface area contributed by atoms with Crippen molar-refractivity contribution in [3.63, 3.8) is 0 Å². The van der Waals surface area contributed by atoms with Crippen molar-refractivity contribution < 1.29 is 9.59 Å². The number of carbonyl (C=O) groups excluding carboxylic acids is 2. The molecule has 172 valence electrons. The molecule has 1 aromatic carbocycles. The van der Waals surface area contributed by atoms with Crippen LogP contribution in [0.1, 0.15) is 37.8 Å². The summed E-state index contributed by atoms with van der Waals surface area (Å²) in [4.78, 5) is 31.6. The number of tetrazole rings is 1.